The molecule has 16 nitrogen and oxygen atoms in total. The first-order valence-electron chi connectivity index (χ1n) is 17.9. The van der Waals surface area contributed by atoms with E-state index in [0.717, 1.165) is 16.5 Å². The number of guanidine groups is 1. The number of hydrogen-bond acceptors (Lipinski definition) is 7. The van der Waals surface area contributed by atoms with Gasteiger partial charge >= 0.3 is 0 Å². The van der Waals surface area contributed by atoms with E-state index in [1.165, 1.54) is 0 Å². The summed E-state index contributed by atoms with van der Waals surface area (Å²) in [5, 5.41) is 14.3. The summed E-state index contributed by atoms with van der Waals surface area (Å²) in [5.74, 6) is -3.80. The lowest BCUT2D eigenvalue weighted by Crippen LogP contribution is -2.57. The lowest BCUT2D eigenvalue weighted by molar-refractivity contribution is -0.134. The van der Waals surface area contributed by atoms with Crippen LogP contribution in [0.2, 0.25) is 0 Å². The van der Waals surface area contributed by atoms with Gasteiger partial charge in [0, 0.05) is 23.6 Å². The number of carbonyl (C=O) groups excluding carboxylic acids is 6. The standard InChI is InChI=1S/C36H58N10O6/c1-7-22(6)31(46-34(51)28(16-21(4)5)44-29(47)17-23-18-41-25-12-9-8-11-24(23)25)35(52)42-19-30(48)43-26(13-10-14-40-36(38)39)33(50)45-27(32(37)49)15-20(2)3/h8-9,11-12,18,20-22,26-28,31,41H,7,10,13-17,19H2,1-6H3,(H2,37,49)(H,42,52)(H,43,48)(H,44,47)(H,45,50)(H,46,51)(H4,38,39,40)/t22-,26-,27-,28-,31-/m0/s1. The second kappa shape index (κ2) is 21.3. The number of nitrogens with two attached hydrogens (primary N) is 3. The molecule has 5 atom stereocenters. The molecule has 1 aromatic carbocycles. The van der Waals surface area contributed by atoms with E-state index >= 15 is 0 Å². The van der Waals surface area contributed by atoms with Crippen molar-refractivity contribution in [2.24, 2.45) is 39.9 Å². The van der Waals surface area contributed by atoms with Crippen LogP contribution < -0.4 is 43.8 Å². The number of primary amides is 1. The van der Waals surface area contributed by atoms with E-state index in [2.05, 4.69) is 36.6 Å². The molecule has 2 rings (SSSR count). The monoisotopic (exact) mass is 726 g/mol. The van der Waals surface area contributed by atoms with Gasteiger partial charge < -0.3 is 48.8 Å². The van der Waals surface area contributed by atoms with Crippen molar-refractivity contribution in [1.82, 2.24) is 31.6 Å². The Balaban J connectivity index is 2.10. The molecule has 0 fully saturated rings. The summed E-state index contributed by atoms with van der Waals surface area (Å²) in [6, 6.07) is 3.67. The number of nitrogens with one attached hydrogen (secondary N) is 6. The third-order valence-corrected chi connectivity index (χ3v) is 8.57. The number of aromatic amines is 1. The van der Waals surface area contributed by atoms with Gasteiger partial charge in [0.15, 0.2) is 5.96 Å². The van der Waals surface area contributed by atoms with Gasteiger partial charge in [-0.2, -0.15) is 0 Å². The first-order chi connectivity index (χ1) is 24.5. The summed E-state index contributed by atoms with van der Waals surface area (Å²) in [7, 11) is 0. The number of nitrogens with zero attached hydrogens (tertiary/aromatic N) is 1. The van der Waals surface area contributed by atoms with Gasteiger partial charge in [-0.15, -0.1) is 0 Å². The van der Waals surface area contributed by atoms with Crippen molar-refractivity contribution in [2.45, 2.75) is 104 Å². The maximum atomic E-state index is 13.6. The van der Waals surface area contributed by atoms with Crippen molar-refractivity contribution in [1.29, 1.82) is 0 Å². The smallest absolute Gasteiger partial charge is 0.243 e. The van der Waals surface area contributed by atoms with Crippen LogP contribution in [0.3, 0.4) is 0 Å². The third-order valence-electron chi connectivity index (χ3n) is 8.57. The average molecular weight is 727 g/mol. The molecule has 0 saturated heterocycles. The lowest BCUT2D eigenvalue weighted by Gasteiger charge is -2.27. The molecule has 0 radical (unpaired) electrons. The number of fused-ring (bicyclic) bond motifs is 1. The molecular weight excluding hydrogens is 668 g/mol. The number of rotatable bonds is 22. The maximum absolute atomic E-state index is 13.6. The summed E-state index contributed by atoms with van der Waals surface area (Å²) in [4.78, 5) is 85.4. The first kappa shape index (κ1) is 43.0. The Bertz CT molecular complexity index is 1550. The Morgan fingerprint density at radius 3 is 2.00 bits per heavy atom. The Morgan fingerprint density at radius 2 is 1.38 bits per heavy atom. The molecular formula is C36H58N10O6. The highest BCUT2D eigenvalue weighted by Crippen LogP contribution is 2.18. The first-order valence-corrected chi connectivity index (χ1v) is 17.9. The molecule has 0 aliphatic rings. The fraction of sp³-hybridized carbons (Fsp3) is 0.583. The molecule has 288 valence electrons. The molecule has 0 bridgehead atoms. The fourth-order valence-corrected chi connectivity index (χ4v) is 5.64. The molecule has 0 unspecified atom stereocenters. The van der Waals surface area contributed by atoms with Crippen LogP contribution >= 0.6 is 0 Å². The zero-order valence-electron chi connectivity index (χ0n) is 31.2. The van der Waals surface area contributed by atoms with Crippen LogP contribution in [0.4, 0.5) is 0 Å². The van der Waals surface area contributed by atoms with E-state index in [1.54, 1.807) is 13.1 Å². The van der Waals surface area contributed by atoms with Gasteiger partial charge in [0.1, 0.15) is 24.2 Å². The van der Waals surface area contributed by atoms with Crippen LogP contribution in [0.5, 0.6) is 0 Å². The van der Waals surface area contributed by atoms with E-state index in [9.17, 15) is 28.8 Å². The molecule has 0 aliphatic heterocycles. The number of aliphatic imine (C=N–C) groups is 1. The molecule has 16 heteroatoms. The SMILES string of the molecule is CC[C@H](C)[C@H](NC(=O)[C@H](CC(C)C)NC(=O)Cc1c[nH]c2ccccc12)C(=O)NCC(=O)N[C@@H](CCCN=C(N)N)C(=O)N[C@@H](CC(C)C)C(N)=O. The molecule has 12 N–H and O–H groups in total. The molecule has 0 saturated carbocycles. The van der Waals surface area contributed by atoms with E-state index < -0.39 is 60.2 Å². The van der Waals surface area contributed by atoms with Gasteiger partial charge in [-0.05, 0) is 55.1 Å². The molecule has 52 heavy (non-hydrogen) atoms. The number of para-hydroxylation sites is 1. The van der Waals surface area contributed by atoms with Crippen molar-refractivity contribution in [3.63, 3.8) is 0 Å². The van der Waals surface area contributed by atoms with E-state index in [-0.39, 0.29) is 49.0 Å². The summed E-state index contributed by atoms with van der Waals surface area (Å²) in [6.07, 6.45) is 3.46. The summed E-state index contributed by atoms with van der Waals surface area (Å²) in [5.41, 5.74) is 18.0. The van der Waals surface area contributed by atoms with Crippen LogP contribution in [0.25, 0.3) is 10.9 Å². The van der Waals surface area contributed by atoms with Crippen molar-refractivity contribution in [3.05, 3.63) is 36.0 Å². The van der Waals surface area contributed by atoms with Crippen LogP contribution in [-0.2, 0) is 35.2 Å². The van der Waals surface area contributed by atoms with Gasteiger partial charge in [-0.3, -0.25) is 33.8 Å². The number of hydrogen-bond donors (Lipinski definition) is 9. The lowest BCUT2D eigenvalue weighted by atomic mass is 9.96. The maximum Gasteiger partial charge on any atom is 0.243 e. The topological polar surface area (TPSA) is 269 Å². The highest BCUT2D eigenvalue weighted by atomic mass is 16.2. The van der Waals surface area contributed by atoms with Gasteiger partial charge in [-0.1, -0.05) is 66.2 Å². The highest BCUT2D eigenvalue weighted by Gasteiger charge is 2.31. The minimum Gasteiger partial charge on any atom is -0.370 e. The molecule has 6 amide bonds. The number of amides is 6. The summed E-state index contributed by atoms with van der Waals surface area (Å²) < 4.78 is 0. The third kappa shape index (κ3) is 14.6. The Hall–Kier alpha value is -5.15. The van der Waals surface area contributed by atoms with E-state index in [1.807, 2.05) is 58.9 Å². The predicted octanol–water partition coefficient (Wildman–Crippen LogP) is 0.443. The van der Waals surface area contributed by atoms with Gasteiger partial charge in [0.2, 0.25) is 35.4 Å². The highest BCUT2D eigenvalue weighted by molar-refractivity contribution is 5.96. The number of aromatic nitrogens is 1. The minimum atomic E-state index is -1.08. The number of carbonyl (C=O) groups is 6. The van der Waals surface area contributed by atoms with Crippen molar-refractivity contribution in [3.8, 4) is 0 Å². The molecule has 0 spiro atoms. The Labute approximate surface area is 305 Å². The van der Waals surface area contributed by atoms with Crippen molar-refractivity contribution >= 4 is 52.3 Å². The predicted molar refractivity (Wildman–Crippen MR) is 200 cm³/mol. The number of benzene rings is 1. The van der Waals surface area contributed by atoms with Crippen LogP contribution in [0.15, 0.2) is 35.5 Å². The van der Waals surface area contributed by atoms with Gasteiger partial charge in [0.25, 0.3) is 0 Å². The Morgan fingerprint density at radius 1 is 0.769 bits per heavy atom. The summed E-state index contributed by atoms with van der Waals surface area (Å²) >= 11 is 0. The molecule has 0 aliphatic carbocycles. The van der Waals surface area contributed by atoms with Crippen LogP contribution in [0.1, 0.15) is 79.2 Å². The number of H-pyrrole nitrogens is 1. The second-order valence-corrected chi connectivity index (χ2v) is 14.0. The van der Waals surface area contributed by atoms with Crippen molar-refractivity contribution < 1.29 is 28.8 Å². The zero-order valence-corrected chi connectivity index (χ0v) is 31.2. The zero-order chi connectivity index (χ0) is 39.0. The quantitative estimate of drug-likeness (QED) is 0.0466. The van der Waals surface area contributed by atoms with Gasteiger partial charge in [0.05, 0.1) is 13.0 Å². The van der Waals surface area contributed by atoms with Crippen LogP contribution in [-0.4, -0.2) is 83.6 Å². The normalized spacial score (nSPS) is 14.1. The fourth-order valence-electron chi connectivity index (χ4n) is 5.64. The second-order valence-electron chi connectivity index (χ2n) is 14.0. The van der Waals surface area contributed by atoms with Gasteiger partial charge in [-0.25, -0.2) is 0 Å². The van der Waals surface area contributed by atoms with Crippen LogP contribution in [0, 0.1) is 17.8 Å². The largest absolute Gasteiger partial charge is 0.370 e. The average Bonchev–Trinajstić information content (AvgIpc) is 3.47. The summed E-state index contributed by atoms with van der Waals surface area (Å²) in [6.45, 7) is 11.0. The van der Waals surface area contributed by atoms with Crippen molar-refractivity contribution in [2.75, 3.05) is 13.1 Å². The van der Waals surface area contributed by atoms with E-state index in [0.29, 0.717) is 25.7 Å². The molecule has 1 heterocycles. The Kier molecular flexibility index (Phi) is 17.6. The van der Waals surface area contributed by atoms with E-state index in [4.69, 9.17) is 17.2 Å². The molecule has 2 aromatic rings. The minimum absolute atomic E-state index is 0.0527. The molecule has 1 aromatic heterocycles.